The summed E-state index contributed by atoms with van der Waals surface area (Å²) in [7, 11) is -3.51. The van der Waals surface area contributed by atoms with Gasteiger partial charge in [0, 0.05) is 23.7 Å². The van der Waals surface area contributed by atoms with E-state index in [9.17, 15) is 13.2 Å². The van der Waals surface area contributed by atoms with Crippen LogP contribution in [-0.4, -0.2) is 37.0 Å². The second kappa shape index (κ2) is 8.91. The van der Waals surface area contributed by atoms with E-state index in [1.54, 1.807) is 24.3 Å². The van der Waals surface area contributed by atoms with Crippen LogP contribution in [0, 0.1) is 0 Å². The Labute approximate surface area is 165 Å². The van der Waals surface area contributed by atoms with Crippen molar-refractivity contribution in [1.82, 2.24) is 4.31 Å². The minimum Gasteiger partial charge on any atom is -0.325 e. The van der Waals surface area contributed by atoms with Crippen LogP contribution >= 0.6 is 11.8 Å². The number of nitrogens with one attached hydrogen (secondary N) is 1. The number of thioether (sulfide) groups is 1. The minimum atomic E-state index is -3.51. The van der Waals surface area contributed by atoms with Crippen molar-refractivity contribution in [2.75, 3.05) is 18.4 Å². The molecule has 2 aromatic carbocycles. The molecule has 1 saturated heterocycles. The maximum Gasteiger partial charge on any atom is 0.243 e. The Hall–Kier alpha value is -1.83. The maximum absolute atomic E-state index is 12.8. The summed E-state index contributed by atoms with van der Waals surface area (Å²) in [5.74, 6) is -0.156. The van der Waals surface area contributed by atoms with Gasteiger partial charge in [0.05, 0.1) is 10.1 Å². The summed E-state index contributed by atoms with van der Waals surface area (Å²) in [6.45, 7) is 2.95. The predicted octanol–water partition coefficient (Wildman–Crippen LogP) is 3.98. The summed E-state index contributed by atoms with van der Waals surface area (Å²) in [6, 6.07) is 16.2. The van der Waals surface area contributed by atoms with Crippen LogP contribution in [0.4, 0.5) is 5.69 Å². The number of amides is 1. The van der Waals surface area contributed by atoms with Crippen molar-refractivity contribution < 1.29 is 13.2 Å². The molecule has 3 rings (SSSR count). The molecule has 1 aliphatic rings. The van der Waals surface area contributed by atoms with E-state index in [2.05, 4.69) is 5.32 Å². The third kappa shape index (κ3) is 5.12. The van der Waals surface area contributed by atoms with E-state index in [0.29, 0.717) is 18.8 Å². The third-order valence-electron chi connectivity index (χ3n) is 4.48. The maximum atomic E-state index is 12.8. The van der Waals surface area contributed by atoms with E-state index in [1.165, 1.54) is 16.1 Å². The van der Waals surface area contributed by atoms with Crippen LogP contribution in [0.5, 0.6) is 0 Å². The molecular formula is C20H24N2O3S2. The van der Waals surface area contributed by atoms with E-state index < -0.39 is 10.0 Å². The number of benzene rings is 2. The molecule has 0 aromatic heterocycles. The summed E-state index contributed by atoms with van der Waals surface area (Å²) < 4.78 is 27.2. The summed E-state index contributed by atoms with van der Waals surface area (Å²) in [6.07, 6.45) is 2.85. The first-order valence-corrected chi connectivity index (χ1v) is 11.4. The van der Waals surface area contributed by atoms with Crippen LogP contribution in [-0.2, 0) is 14.8 Å². The molecule has 2 aromatic rings. The van der Waals surface area contributed by atoms with Crippen molar-refractivity contribution in [2.24, 2.45) is 0 Å². The molecule has 0 bridgehead atoms. The number of carbonyl (C=O) groups excluding carboxylic acids is 1. The van der Waals surface area contributed by atoms with Gasteiger partial charge in [0.2, 0.25) is 15.9 Å². The Morgan fingerprint density at radius 1 is 1.04 bits per heavy atom. The fourth-order valence-corrected chi connectivity index (χ4v) is 5.44. The Bertz CT molecular complexity index is 879. The molecular weight excluding hydrogens is 380 g/mol. The highest BCUT2D eigenvalue weighted by Gasteiger charge is 2.26. The fraction of sp³-hybridized carbons (Fsp3) is 0.350. The first-order valence-electron chi connectivity index (χ1n) is 9.09. The molecule has 1 N–H and O–H groups in total. The summed E-state index contributed by atoms with van der Waals surface area (Å²) >= 11 is 1.46. The van der Waals surface area contributed by atoms with Crippen molar-refractivity contribution in [3.05, 3.63) is 54.6 Å². The Morgan fingerprint density at radius 3 is 2.44 bits per heavy atom. The number of hydrogen-bond acceptors (Lipinski definition) is 4. The normalized spacial score (nSPS) is 16.6. The van der Waals surface area contributed by atoms with Gasteiger partial charge in [-0.05, 0) is 50.1 Å². The Balaban J connectivity index is 1.69. The number of piperidine rings is 1. The minimum absolute atomic E-state index is 0.156. The van der Waals surface area contributed by atoms with Gasteiger partial charge >= 0.3 is 0 Å². The lowest BCUT2D eigenvalue weighted by molar-refractivity contribution is -0.115. The zero-order valence-corrected chi connectivity index (χ0v) is 16.9. The quantitative estimate of drug-likeness (QED) is 0.740. The van der Waals surface area contributed by atoms with Crippen molar-refractivity contribution >= 4 is 33.4 Å². The van der Waals surface area contributed by atoms with E-state index in [1.807, 2.05) is 37.3 Å². The van der Waals surface area contributed by atoms with Gasteiger partial charge in [-0.25, -0.2) is 8.42 Å². The number of anilines is 1. The van der Waals surface area contributed by atoms with Gasteiger partial charge in [0.15, 0.2) is 0 Å². The predicted molar refractivity (Wildman–Crippen MR) is 109 cm³/mol. The molecule has 0 unspecified atom stereocenters. The van der Waals surface area contributed by atoms with Gasteiger partial charge in [-0.1, -0.05) is 30.7 Å². The van der Waals surface area contributed by atoms with Gasteiger partial charge in [-0.15, -0.1) is 11.8 Å². The van der Waals surface area contributed by atoms with Gasteiger partial charge in [-0.3, -0.25) is 4.79 Å². The van der Waals surface area contributed by atoms with Gasteiger partial charge in [0.25, 0.3) is 0 Å². The second-order valence-corrected chi connectivity index (χ2v) is 9.91. The highest BCUT2D eigenvalue weighted by Crippen LogP contribution is 2.25. The van der Waals surface area contributed by atoms with Crippen LogP contribution < -0.4 is 5.32 Å². The van der Waals surface area contributed by atoms with E-state index in [0.717, 1.165) is 24.2 Å². The van der Waals surface area contributed by atoms with Gasteiger partial charge in [0.1, 0.15) is 0 Å². The first kappa shape index (κ1) is 19.9. The largest absolute Gasteiger partial charge is 0.325 e. The Morgan fingerprint density at radius 2 is 1.74 bits per heavy atom. The Kier molecular flexibility index (Phi) is 6.57. The van der Waals surface area contributed by atoms with Crippen LogP contribution in [0.1, 0.15) is 26.2 Å². The molecule has 0 spiro atoms. The van der Waals surface area contributed by atoms with Crippen molar-refractivity contribution in [3.8, 4) is 0 Å². The van der Waals surface area contributed by atoms with Crippen molar-refractivity contribution in [3.63, 3.8) is 0 Å². The topological polar surface area (TPSA) is 66.5 Å². The molecule has 0 radical (unpaired) electrons. The molecule has 1 fully saturated rings. The lowest BCUT2D eigenvalue weighted by Gasteiger charge is -2.26. The highest BCUT2D eigenvalue weighted by atomic mass is 32.2. The smallest absolute Gasteiger partial charge is 0.243 e. The number of sulfonamides is 1. The fourth-order valence-electron chi connectivity index (χ4n) is 2.99. The highest BCUT2D eigenvalue weighted by molar-refractivity contribution is 8.00. The molecule has 27 heavy (non-hydrogen) atoms. The lowest BCUT2D eigenvalue weighted by atomic mass is 10.2. The number of carbonyl (C=O) groups is 1. The van der Waals surface area contributed by atoms with Crippen LogP contribution in [0.25, 0.3) is 0 Å². The lowest BCUT2D eigenvalue weighted by Crippen LogP contribution is -2.35. The molecule has 1 aliphatic heterocycles. The first-order chi connectivity index (χ1) is 13.0. The van der Waals surface area contributed by atoms with E-state index in [-0.39, 0.29) is 16.1 Å². The molecule has 0 saturated carbocycles. The standard InChI is InChI=1S/C20H24N2O3S2/c1-16(26-18-10-4-2-5-11-18)20(23)21-17-9-8-12-19(15-17)27(24,25)22-13-6-3-7-14-22/h2,4-5,8-12,15-16H,3,6-7,13-14H2,1H3,(H,21,23)/t16-/m0/s1. The number of hydrogen-bond donors (Lipinski definition) is 1. The molecule has 1 atom stereocenters. The average Bonchev–Trinajstić information content (AvgIpc) is 2.69. The van der Waals surface area contributed by atoms with E-state index in [4.69, 9.17) is 0 Å². The van der Waals surface area contributed by atoms with Crippen LogP contribution in [0.2, 0.25) is 0 Å². The molecule has 144 valence electrons. The van der Waals surface area contributed by atoms with Crippen LogP contribution in [0.15, 0.2) is 64.4 Å². The summed E-state index contributed by atoms with van der Waals surface area (Å²) in [5, 5.41) is 2.54. The zero-order chi connectivity index (χ0) is 19.3. The van der Waals surface area contributed by atoms with Crippen molar-refractivity contribution in [1.29, 1.82) is 0 Å². The third-order valence-corrected chi connectivity index (χ3v) is 7.49. The number of rotatable bonds is 6. The van der Waals surface area contributed by atoms with Crippen molar-refractivity contribution in [2.45, 2.75) is 41.2 Å². The van der Waals surface area contributed by atoms with E-state index >= 15 is 0 Å². The van der Waals surface area contributed by atoms with Crippen LogP contribution in [0.3, 0.4) is 0 Å². The monoisotopic (exact) mass is 404 g/mol. The SMILES string of the molecule is C[C@H](Sc1ccccc1)C(=O)Nc1cccc(S(=O)(=O)N2CCCCC2)c1. The zero-order valence-electron chi connectivity index (χ0n) is 15.3. The number of nitrogens with zero attached hydrogens (tertiary/aromatic N) is 1. The summed E-state index contributed by atoms with van der Waals surface area (Å²) in [5.41, 5.74) is 0.499. The molecule has 1 amide bonds. The van der Waals surface area contributed by atoms with Gasteiger partial charge in [-0.2, -0.15) is 4.31 Å². The van der Waals surface area contributed by atoms with Gasteiger partial charge < -0.3 is 5.32 Å². The molecule has 0 aliphatic carbocycles. The molecule has 5 nitrogen and oxygen atoms in total. The molecule has 7 heteroatoms. The second-order valence-electron chi connectivity index (χ2n) is 6.55. The average molecular weight is 405 g/mol. The molecule has 1 heterocycles. The summed E-state index contributed by atoms with van der Waals surface area (Å²) in [4.78, 5) is 13.7.